The number of allylic oxidation sites excluding steroid dienone is 1. The highest BCUT2D eigenvalue weighted by Gasteiger charge is 2.51. The quantitative estimate of drug-likeness (QED) is 0.759. The summed E-state index contributed by atoms with van der Waals surface area (Å²) in [6.45, 7) is 0. The van der Waals surface area contributed by atoms with E-state index in [1.165, 1.54) is 35.9 Å². The Kier molecular flexibility index (Phi) is 5.23. The second-order valence-corrected chi connectivity index (χ2v) is 8.23. The minimum Gasteiger partial charge on any atom is -0.497 e. The van der Waals surface area contributed by atoms with Gasteiger partial charge in [-0.15, -0.1) is 11.8 Å². The molecule has 1 N–H and O–H groups in total. The van der Waals surface area contributed by atoms with Gasteiger partial charge in [-0.2, -0.15) is 18.4 Å². The fourth-order valence-electron chi connectivity index (χ4n) is 3.89. The van der Waals surface area contributed by atoms with E-state index in [9.17, 15) is 28.3 Å². The van der Waals surface area contributed by atoms with Gasteiger partial charge in [-0.25, -0.2) is 0 Å². The fraction of sp³-hybridized carbons (Fsp3) is 0.273. The zero-order valence-corrected chi connectivity index (χ0v) is 17.1. The number of aliphatic hydroxyl groups is 1. The van der Waals surface area contributed by atoms with Gasteiger partial charge in [-0.3, -0.25) is 9.69 Å². The lowest BCUT2D eigenvalue weighted by Crippen LogP contribution is -2.48. The number of ether oxygens (including phenoxy) is 1. The molecule has 9 heteroatoms. The van der Waals surface area contributed by atoms with Crippen molar-refractivity contribution in [1.29, 1.82) is 5.26 Å². The number of hydrogen-bond acceptors (Lipinski definition) is 5. The Morgan fingerprint density at radius 2 is 1.84 bits per heavy atom. The van der Waals surface area contributed by atoms with Gasteiger partial charge in [0, 0.05) is 17.9 Å². The van der Waals surface area contributed by atoms with Crippen LogP contribution in [0.25, 0.3) is 0 Å². The average molecular weight is 446 g/mol. The molecule has 31 heavy (non-hydrogen) atoms. The molecule has 5 nitrogen and oxygen atoms in total. The minimum atomic E-state index is -4.47. The van der Waals surface area contributed by atoms with Crippen LogP contribution < -0.4 is 4.74 Å². The van der Waals surface area contributed by atoms with Crippen LogP contribution in [0.4, 0.5) is 13.2 Å². The molecule has 2 aromatic carbocycles. The number of nitrogens with zero attached hydrogens (tertiary/aromatic N) is 2. The topological polar surface area (TPSA) is 73.6 Å². The van der Waals surface area contributed by atoms with Crippen molar-refractivity contribution in [2.45, 2.75) is 24.2 Å². The van der Waals surface area contributed by atoms with Gasteiger partial charge in [0.05, 0.1) is 35.1 Å². The standard InChI is InChI=1S/C22H17F3N2O3S/c1-30-16-8-6-14(7-9-16)21(29)12-31-20-18(11-26)17(10-19(28)27(20)21)13-2-4-15(5-3-13)22(23,24)25/h2-9,17,29H,10,12H2,1H3/t17-,21-/m1/s1. The lowest BCUT2D eigenvalue weighted by molar-refractivity contribution is -0.149. The molecule has 2 aliphatic heterocycles. The van der Waals surface area contributed by atoms with Crippen LogP contribution in [0.5, 0.6) is 5.75 Å². The number of halogens is 3. The number of thioether (sulfide) groups is 1. The van der Waals surface area contributed by atoms with Gasteiger partial charge in [0.25, 0.3) is 0 Å². The van der Waals surface area contributed by atoms with Crippen LogP contribution in [-0.4, -0.2) is 28.8 Å². The van der Waals surface area contributed by atoms with Crippen molar-refractivity contribution in [3.05, 3.63) is 75.8 Å². The van der Waals surface area contributed by atoms with E-state index >= 15 is 0 Å². The number of carbonyl (C=O) groups is 1. The zero-order valence-electron chi connectivity index (χ0n) is 16.3. The van der Waals surface area contributed by atoms with E-state index in [0.29, 0.717) is 21.9 Å². The maximum absolute atomic E-state index is 13.1. The van der Waals surface area contributed by atoms with Crippen molar-refractivity contribution in [3.8, 4) is 11.8 Å². The number of alkyl halides is 3. The summed E-state index contributed by atoms with van der Waals surface area (Å²) in [7, 11) is 1.52. The molecule has 2 heterocycles. The van der Waals surface area contributed by atoms with Crippen molar-refractivity contribution in [2.75, 3.05) is 12.9 Å². The van der Waals surface area contributed by atoms with Crippen molar-refractivity contribution in [2.24, 2.45) is 0 Å². The van der Waals surface area contributed by atoms with Crippen LogP contribution in [-0.2, 0) is 16.7 Å². The zero-order chi connectivity index (χ0) is 22.4. The van der Waals surface area contributed by atoms with Crippen LogP contribution in [0.2, 0.25) is 0 Å². The predicted octanol–water partition coefficient (Wildman–Crippen LogP) is 4.36. The lowest BCUT2D eigenvalue weighted by Gasteiger charge is -2.38. The number of amides is 1. The lowest BCUT2D eigenvalue weighted by atomic mass is 9.85. The highest BCUT2D eigenvalue weighted by atomic mass is 32.2. The molecular weight excluding hydrogens is 429 g/mol. The molecule has 1 saturated heterocycles. The Balaban J connectivity index is 1.73. The van der Waals surface area contributed by atoms with Crippen molar-refractivity contribution in [3.63, 3.8) is 0 Å². The molecule has 0 aliphatic carbocycles. The Morgan fingerprint density at radius 1 is 1.19 bits per heavy atom. The number of benzene rings is 2. The molecule has 1 fully saturated rings. The third-order valence-corrected chi connectivity index (χ3v) is 6.73. The number of rotatable bonds is 3. The van der Waals surface area contributed by atoms with Crippen molar-refractivity contribution < 1.29 is 27.8 Å². The summed E-state index contributed by atoms with van der Waals surface area (Å²) in [6.07, 6.45) is -4.60. The van der Waals surface area contributed by atoms with E-state index in [4.69, 9.17) is 4.74 Å². The van der Waals surface area contributed by atoms with Gasteiger partial charge in [0.15, 0.2) is 5.72 Å². The van der Waals surface area contributed by atoms with Crippen molar-refractivity contribution in [1.82, 2.24) is 4.90 Å². The Bertz CT molecular complexity index is 1090. The molecule has 4 rings (SSSR count). The summed E-state index contributed by atoms with van der Waals surface area (Å²) < 4.78 is 43.8. The molecule has 2 atom stereocenters. The molecule has 0 aromatic heterocycles. The maximum atomic E-state index is 13.1. The summed E-state index contributed by atoms with van der Waals surface area (Å²) in [4.78, 5) is 14.3. The average Bonchev–Trinajstić information content (AvgIpc) is 3.12. The Morgan fingerprint density at radius 3 is 2.39 bits per heavy atom. The van der Waals surface area contributed by atoms with Crippen LogP contribution in [0, 0.1) is 11.3 Å². The van der Waals surface area contributed by atoms with Crippen LogP contribution in [0.1, 0.15) is 29.0 Å². The number of nitriles is 1. The van der Waals surface area contributed by atoms with E-state index < -0.39 is 29.3 Å². The number of methoxy groups -OCH3 is 1. The molecule has 2 aromatic rings. The number of carbonyl (C=O) groups excluding carboxylic acids is 1. The highest BCUT2D eigenvalue weighted by Crippen LogP contribution is 2.51. The molecule has 0 saturated carbocycles. The van der Waals surface area contributed by atoms with Crippen LogP contribution in [0.15, 0.2) is 59.1 Å². The fourth-order valence-corrected chi connectivity index (χ4v) is 5.24. The van der Waals surface area contributed by atoms with Gasteiger partial charge in [-0.1, -0.05) is 24.3 Å². The van der Waals surface area contributed by atoms with E-state index in [1.54, 1.807) is 24.3 Å². The highest BCUT2D eigenvalue weighted by molar-refractivity contribution is 8.03. The van der Waals surface area contributed by atoms with Gasteiger partial charge >= 0.3 is 6.18 Å². The first-order chi connectivity index (χ1) is 14.7. The first-order valence-electron chi connectivity index (χ1n) is 9.33. The largest absolute Gasteiger partial charge is 0.497 e. The summed E-state index contributed by atoms with van der Waals surface area (Å²) in [5.74, 6) is -0.344. The molecule has 160 valence electrons. The second-order valence-electron chi connectivity index (χ2n) is 7.27. The number of hydrogen-bond donors (Lipinski definition) is 1. The van der Waals surface area contributed by atoms with E-state index in [2.05, 4.69) is 6.07 Å². The molecule has 0 bridgehead atoms. The van der Waals surface area contributed by atoms with E-state index in [-0.39, 0.29) is 17.7 Å². The van der Waals surface area contributed by atoms with Crippen LogP contribution >= 0.6 is 11.8 Å². The molecule has 1 amide bonds. The van der Waals surface area contributed by atoms with Gasteiger partial charge in [0.1, 0.15) is 5.75 Å². The normalized spacial score (nSPS) is 23.5. The molecular formula is C22H17F3N2O3S. The SMILES string of the molecule is COc1ccc([C@]2(O)CSC3=C(C#N)[C@@H](c4ccc(C(F)(F)F)cc4)CC(=O)N32)cc1. The third-order valence-electron chi connectivity index (χ3n) is 5.50. The molecule has 2 aliphatic rings. The summed E-state index contributed by atoms with van der Waals surface area (Å²) >= 11 is 1.18. The molecule has 0 unspecified atom stereocenters. The molecule has 0 spiro atoms. The third kappa shape index (κ3) is 3.56. The summed E-state index contributed by atoms with van der Waals surface area (Å²) in [6, 6.07) is 13.2. The summed E-state index contributed by atoms with van der Waals surface area (Å²) in [5, 5.41) is 21.5. The van der Waals surface area contributed by atoms with E-state index in [0.717, 1.165) is 12.1 Å². The molecule has 0 radical (unpaired) electrons. The minimum absolute atomic E-state index is 0.128. The van der Waals surface area contributed by atoms with Gasteiger partial charge < -0.3 is 9.84 Å². The first-order valence-corrected chi connectivity index (χ1v) is 10.3. The smallest absolute Gasteiger partial charge is 0.416 e. The van der Waals surface area contributed by atoms with E-state index in [1.807, 2.05) is 0 Å². The second kappa shape index (κ2) is 7.62. The van der Waals surface area contributed by atoms with Gasteiger partial charge in [0.2, 0.25) is 5.91 Å². The Hall–Kier alpha value is -2.96. The van der Waals surface area contributed by atoms with Crippen molar-refractivity contribution >= 4 is 17.7 Å². The Labute approximate surface area is 180 Å². The van der Waals surface area contributed by atoms with Crippen LogP contribution in [0.3, 0.4) is 0 Å². The maximum Gasteiger partial charge on any atom is 0.416 e. The predicted molar refractivity (Wildman–Crippen MR) is 108 cm³/mol. The first kappa shape index (κ1) is 21.3. The number of fused-ring (bicyclic) bond motifs is 1. The monoisotopic (exact) mass is 446 g/mol. The summed E-state index contributed by atoms with van der Waals surface area (Å²) in [5.41, 5.74) is -1.24. The van der Waals surface area contributed by atoms with Gasteiger partial charge in [-0.05, 0) is 29.8 Å².